The van der Waals surface area contributed by atoms with Crippen LogP contribution < -0.4 is 9.80 Å². The van der Waals surface area contributed by atoms with E-state index in [1.165, 1.54) is 22.3 Å². The van der Waals surface area contributed by atoms with Crippen LogP contribution in [0.3, 0.4) is 0 Å². The standard InChI is InChI=1S/C54H44N2O/c1-37-13-25-43(26-14-37)55(44-27-15-38(2)16-28-44)47-33-21-41(22-34-47)54(51-11-7-5-9-49(51)53(57)50-10-6-8-12-52(50)54)42-23-35-48(36-24-42)56(45-29-17-39(3)18-30-45)46-31-19-40(4)20-32-46/h5-36H,1-4H3. The molecule has 0 spiro atoms. The lowest BCUT2D eigenvalue weighted by molar-refractivity contribution is 0.103. The number of carbonyl (C=O) groups excluding carboxylic acids is 1. The molecule has 57 heavy (non-hydrogen) atoms. The highest BCUT2D eigenvalue weighted by atomic mass is 16.1. The highest BCUT2D eigenvalue weighted by Gasteiger charge is 2.46. The van der Waals surface area contributed by atoms with Gasteiger partial charge in [0.15, 0.2) is 5.78 Å². The Morgan fingerprint density at radius 2 is 0.561 bits per heavy atom. The van der Waals surface area contributed by atoms with Crippen molar-refractivity contribution in [3.8, 4) is 0 Å². The van der Waals surface area contributed by atoms with Crippen molar-refractivity contribution >= 4 is 39.9 Å². The van der Waals surface area contributed by atoms with Gasteiger partial charge in [-0.3, -0.25) is 4.79 Å². The van der Waals surface area contributed by atoms with Crippen LogP contribution >= 0.6 is 0 Å². The number of anilines is 6. The second kappa shape index (κ2) is 14.6. The van der Waals surface area contributed by atoms with Crippen molar-refractivity contribution in [1.29, 1.82) is 0 Å². The molecule has 0 fully saturated rings. The molecular weight excluding hydrogens is 693 g/mol. The first-order chi connectivity index (χ1) is 27.8. The second-order valence-electron chi connectivity index (χ2n) is 15.3. The average Bonchev–Trinajstić information content (AvgIpc) is 3.25. The zero-order valence-electron chi connectivity index (χ0n) is 32.8. The second-order valence-corrected chi connectivity index (χ2v) is 15.3. The SMILES string of the molecule is Cc1ccc(N(c2ccc(C)cc2)c2ccc(C3(c4ccc(N(c5ccc(C)cc5)c5ccc(C)cc5)cc4)c4ccccc4C(=O)c4ccccc43)cc2)cc1. The van der Waals surface area contributed by atoms with Gasteiger partial charge in [0.05, 0.1) is 5.41 Å². The van der Waals surface area contributed by atoms with Crippen molar-refractivity contribution < 1.29 is 4.79 Å². The van der Waals surface area contributed by atoms with Crippen LogP contribution in [0.5, 0.6) is 0 Å². The average molecular weight is 737 g/mol. The number of fused-ring (bicyclic) bond motifs is 2. The Morgan fingerprint density at radius 3 is 0.842 bits per heavy atom. The number of rotatable bonds is 8. The van der Waals surface area contributed by atoms with Crippen LogP contribution in [-0.4, -0.2) is 5.78 Å². The summed E-state index contributed by atoms with van der Waals surface area (Å²) in [6, 6.07) is 69.0. The Kier molecular flexibility index (Phi) is 9.15. The van der Waals surface area contributed by atoms with Gasteiger partial charge in [-0.05, 0) is 123 Å². The maximum atomic E-state index is 14.3. The van der Waals surface area contributed by atoms with Gasteiger partial charge in [-0.1, -0.05) is 144 Å². The van der Waals surface area contributed by atoms with Crippen LogP contribution in [0.25, 0.3) is 0 Å². The molecule has 0 N–H and O–H groups in total. The third kappa shape index (κ3) is 6.32. The molecule has 0 radical (unpaired) electrons. The lowest BCUT2D eigenvalue weighted by atomic mass is 9.59. The Bertz CT molecular complexity index is 2410. The van der Waals surface area contributed by atoms with Crippen LogP contribution in [0.15, 0.2) is 194 Å². The van der Waals surface area contributed by atoms with E-state index in [2.05, 4.69) is 207 Å². The lowest BCUT2D eigenvalue weighted by Crippen LogP contribution is -2.38. The van der Waals surface area contributed by atoms with Crippen molar-refractivity contribution in [1.82, 2.24) is 0 Å². The summed E-state index contributed by atoms with van der Waals surface area (Å²) >= 11 is 0. The summed E-state index contributed by atoms with van der Waals surface area (Å²) in [5.41, 5.74) is 16.2. The minimum atomic E-state index is -0.769. The molecule has 0 aromatic heterocycles. The molecule has 0 unspecified atom stereocenters. The number of hydrogen-bond donors (Lipinski definition) is 0. The van der Waals surface area contributed by atoms with E-state index < -0.39 is 5.41 Å². The molecule has 0 bridgehead atoms. The third-order valence-corrected chi connectivity index (χ3v) is 11.4. The quantitative estimate of drug-likeness (QED) is 0.155. The largest absolute Gasteiger partial charge is 0.311 e. The zero-order chi connectivity index (χ0) is 39.1. The summed E-state index contributed by atoms with van der Waals surface area (Å²) in [6.07, 6.45) is 0. The van der Waals surface area contributed by atoms with Gasteiger partial charge in [0.2, 0.25) is 0 Å². The molecule has 3 heteroatoms. The van der Waals surface area contributed by atoms with E-state index in [0.29, 0.717) is 0 Å². The van der Waals surface area contributed by atoms with Crippen LogP contribution in [0, 0.1) is 27.7 Å². The molecule has 3 nitrogen and oxygen atoms in total. The van der Waals surface area contributed by atoms with Crippen molar-refractivity contribution in [2.24, 2.45) is 0 Å². The lowest BCUT2D eigenvalue weighted by Gasteiger charge is -2.42. The van der Waals surface area contributed by atoms with Crippen LogP contribution in [0.2, 0.25) is 0 Å². The van der Waals surface area contributed by atoms with E-state index >= 15 is 0 Å². The molecule has 0 amide bonds. The smallest absolute Gasteiger partial charge is 0.193 e. The molecule has 8 aromatic rings. The Labute approximate surface area is 336 Å². The molecule has 0 heterocycles. The fourth-order valence-electron chi connectivity index (χ4n) is 8.49. The molecule has 8 aromatic carbocycles. The predicted molar refractivity (Wildman–Crippen MR) is 236 cm³/mol. The molecular formula is C54H44N2O. The maximum Gasteiger partial charge on any atom is 0.193 e. The van der Waals surface area contributed by atoms with Gasteiger partial charge in [0.25, 0.3) is 0 Å². The molecule has 0 atom stereocenters. The van der Waals surface area contributed by atoms with Crippen molar-refractivity contribution in [2.45, 2.75) is 33.1 Å². The summed E-state index contributed by atoms with van der Waals surface area (Å²) < 4.78 is 0. The molecule has 276 valence electrons. The Balaban J connectivity index is 1.24. The summed E-state index contributed by atoms with van der Waals surface area (Å²) in [5, 5.41) is 0. The zero-order valence-corrected chi connectivity index (χ0v) is 32.8. The number of benzene rings is 8. The van der Waals surface area contributed by atoms with Crippen LogP contribution in [0.1, 0.15) is 60.4 Å². The summed E-state index contributed by atoms with van der Waals surface area (Å²) in [4.78, 5) is 18.9. The highest BCUT2D eigenvalue weighted by molar-refractivity contribution is 6.14. The maximum absolute atomic E-state index is 14.3. The van der Waals surface area contributed by atoms with Gasteiger partial charge in [0, 0.05) is 45.3 Å². The van der Waals surface area contributed by atoms with E-state index in [1.807, 2.05) is 24.3 Å². The van der Waals surface area contributed by atoms with E-state index in [4.69, 9.17) is 0 Å². The van der Waals surface area contributed by atoms with Gasteiger partial charge in [-0.15, -0.1) is 0 Å². The number of nitrogens with zero attached hydrogens (tertiary/aromatic N) is 2. The fourth-order valence-corrected chi connectivity index (χ4v) is 8.49. The van der Waals surface area contributed by atoms with Crippen molar-refractivity contribution in [2.75, 3.05) is 9.80 Å². The van der Waals surface area contributed by atoms with E-state index in [1.54, 1.807) is 0 Å². The van der Waals surface area contributed by atoms with Gasteiger partial charge in [0.1, 0.15) is 0 Å². The molecule has 0 aliphatic heterocycles. The Morgan fingerprint density at radius 1 is 0.316 bits per heavy atom. The van der Waals surface area contributed by atoms with Gasteiger partial charge in [-0.2, -0.15) is 0 Å². The number of hydrogen-bond acceptors (Lipinski definition) is 3. The molecule has 1 aliphatic carbocycles. The van der Waals surface area contributed by atoms with E-state index in [-0.39, 0.29) is 5.78 Å². The summed E-state index contributed by atoms with van der Waals surface area (Å²) in [5.74, 6) is 0.0555. The topological polar surface area (TPSA) is 23.6 Å². The monoisotopic (exact) mass is 736 g/mol. The normalized spacial score (nSPS) is 12.7. The number of ketones is 1. The van der Waals surface area contributed by atoms with E-state index in [9.17, 15) is 4.79 Å². The Hall–Kier alpha value is -6.97. The predicted octanol–water partition coefficient (Wildman–Crippen LogP) is 13.8. The van der Waals surface area contributed by atoms with Gasteiger partial charge < -0.3 is 9.80 Å². The number of carbonyl (C=O) groups is 1. The summed E-state index contributed by atoms with van der Waals surface area (Å²) in [6.45, 7) is 8.48. The van der Waals surface area contributed by atoms with E-state index in [0.717, 1.165) is 67.5 Å². The highest BCUT2D eigenvalue weighted by Crippen LogP contribution is 2.52. The summed E-state index contributed by atoms with van der Waals surface area (Å²) in [7, 11) is 0. The molecule has 1 aliphatic rings. The first-order valence-electron chi connectivity index (χ1n) is 19.6. The van der Waals surface area contributed by atoms with Gasteiger partial charge >= 0.3 is 0 Å². The fraction of sp³-hybridized carbons (Fsp3) is 0.0926. The molecule has 0 saturated carbocycles. The van der Waals surface area contributed by atoms with Gasteiger partial charge in [-0.25, -0.2) is 0 Å². The first-order valence-corrected chi connectivity index (χ1v) is 19.6. The van der Waals surface area contributed by atoms with Crippen LogP contribution in [0.4, 0.5) is 34.1 Å². The van der Waals surface area contributed by atoms with Crippen molar-refractivity contribution in [3.63, 3.8) is 0 Å². The minimum absolute atomic E-state index is 0.0555. The molecule has 0 saturated heterocycles. The minimum Gasteiger partial charge on any atom is -0.311 e. The first kappa shape index (κ1) is 35.7. The third-order valence-electron chi connectivity index (χ3n) is 11.4. The van der Waals surface area contributed by atoms with Crippen molar-refractivity contribution in [3.05, 3.63) is 250 Å². The van der Waals surface area contributed by atoms with Crippen LogP contribution in [-0.2, 0) is 5.41 Å². The number of aryl methyl sites for hydroxylation is 4. The molecule has 9 rings (SSSR count).